The summed E-state index contributed by atoms with van der Waals surface area (Å²) in [4.78, 5) is 12.9. The van der Waals surface area contributed by atoms with Crippen molar-refractivity contribution < 1.29 is 23.0 Å². The molecule has 0 saturated heterocycles. The average molecular weight is 401 g/mol. The third-order valence-electron chi connectivity index (χ3n) is 3.78. The molecule has 2 rings (SSSR count). The van der Waals surface area contributed by atoms with Crippen molar-refractivity contribution in [3.05, 3.63) is 59.7 Å². The molecule has 0 aromatic heterocycles. The Kier molecular flexibility index (Phi) is 8.97. The van der Waals surface area contributed by atoms with Crippen LogP contribution in [-0.2, 0) is 0 Å². The Morgan fingerprint density at radius 3 is 2.41 bits per heavy atom. The molecule has 0 aliphatic heterocycles. The molecular formula is C19H23ClF2N2O3. The van der Waals surface area contributed by atoms with Crippen molar-refractivity contribution in [2.75, 3.05) is 27.7 Å². The van der Waals surface area contributed by atoms with E-state index in [0.29, 0.717) is 12.2 Å². The van der Waals surface area contributed by atoms with Gasteiger partial charge in [0.2, 0.25) is 5.82 Å². The molecular weight excluding hydrogens is 378 g/mol. The van der Waals surface area contributed by atoms with Crippen LogP contribution in [0.25, 0.3) is 0 Å². The van der Waals surface area contributed by atoms with Crippen LogP contribution in [-0.4, -0.2) is 38.7 Å². The van der Waals surface area contributed by atoms with E-state index in [-0.39, 0.29) is 30.8 Å². The van der Waals surface area contributed by atoms with Gasteiger partial charge in [-0.25, -0.2) is 9.18 Å². The molecule has 2 aromatic rings. The van der Waals surface area contributed by atoms with Gasteiger partial charge in [0.05, 0.1) is 6.61 Å². The van der Waals surface area contributed by atoms with E-state index in [2.05, 4.69) is 5.32 Å². The second-order valence-electron chi connectivity index (χ2n) is 5.86. The minimum atomic E-state index is -0.986. The Bertz CT molecular complexity index is 742. The number of halogens is 3. The molecule has 0 aliphatic carbocycles. The summed E-state index contributed by atoms with van der Waals surface area (Å²) in [5, 5.41) is 3.15. The Hall–Kier alpha value is -2.38. The van der Waals surface area contributed by atoms with Crippen LogP contribution in [0.2, 0.25) is 0 Å². The number of benzene rings is 2. The van der Waals surface area contributed by atoms with E-state index >= 15 is 0 Å². The average Bonchev–Trinajstić information content (AvgIpc) is 2.63. The summed E-state index contributed by atoms with van der Waals surface area (Å²) in [6.07, 6.45) is 0.0944. The van der Waals surface area contributed by atoms with Crippen molar-refractivity contribution in [1.82, 2.24) is 10.2 Å². The third-order valence-corrected chi connectivity index (χ3v) is 3.78. The van der Waals surface area contributed by atoms with Gasteiger partial charge in [0.25, 0.3) is 0 Å². The Morgan fingerprint density at radius 2 is 1.81 bits per heavy atom. The molecule has 0 bridgehead atoms. The smallest absolute Gasteiger partial charge is 0.414 e. The Morgan fingerprint density at radius 1 is 1.15 bits per heavy atom. The molecule has 0 fully saturated rings. The Labute approximate surface area is 163 Å². The number of hydrogen-bond acceptors (Lipinski definition) is 4. The first kappa shape index (κ1) is 22.7. The van der Waals surface area contributed by atoms with Crippen molar-refractivity contribution >= 4 is 18.5 Å². The predicted molar refractivity (Wildman–Crippen MR) is 102 cm³/mol. The Balaban J connectivity index is 0.00000364. The van der Waals surface area contributed by atoms with Gasteiger partial charge in [-0.05, 0) is 36.9 Å². The molecule has 2 aromatic carbocycles. The fourth-order valence-corrected chi connectivity index (χ4v) is 2.32. The van der Waals surface area contributed by atoms with E-state index in [1.807, 2.05) is 12.1 Å². The maximum Gasteiger partial charge on any atom is 0.414 e. The van der Waals surface area contributed by atoms with Gasteiger partial charge < -0.3 is 19.7 Å². The zero-order valence-electron chi connectivity index (χ0n) is 15.4. The summed E-state index contributed by atoms with van der Waals surface area (Å²) in [5.41, 5.74) is 0.959. The van der Waals surface area contributed by atoms with Crippen LogP contribution in [0.4, 0.5) is 13.6 Å². The number of amides is 1. The van der Waals surface area contributed by atoms with Crippen LogP contribution < -0.4 is 14.8 Å². The van der Waals surface area contributed by atoms with Crippen LogP contribution in [0.3, 0.4) is 0 Å². The highest BCUT2D eigenvalue weighted by molar-refractivity contribution is 5.85. The molecule has 1 atom stereocenters. The molecule has 0 heterocycles. The molecule has 0 radical (unpaired) electrons. The SMILES string of the molecule is CNC(CCOc1cccc(F)c1F)c1ccc(OC(=O)N(C)C)cc1.Cl. The number of ether oxygens (including phenoxy) is 2. The van der Waals surface area contributed by atoms with Crippen molar-refractivity contribution in [3.8, 4) is 11.5 Å². The van der Waals surface area contributed by atoms with Crippen molar-refractivity contribution in [2.45, 2.75) is 12.5 Å². The highest BCUT2D eigenvalue weighted by Crippen LogP contribution is 2.23. The van der Waals surface area contributed by atoms with Gasteiger partial charge >= 0.3 is 6.09 Å². The van der Waals surface area contributed by atoms with Crippen LogP contribution in [0, 0.1) is 11.6 Å². The van der Waals surface area contributed by atoms with E-state index in [0.717, 1.165) is 11.6 Å². The first-order valence-electron chi connectivity index (χ1n) is 8.15. The molecule has 8 heteroatoms. The van der Waals surface area contributed by atoms with E-state index in [1.165, 1.54) is 17.0 Å². The fourth-order valence-electron chi connectivity index (χ4n) is 2.32. The lowest BCUT2D eigenvalue weighted by molar-refractivity contribution is 0.172. The summed E-state index contributed by atoms with van der Waals surface area (Å²) in [6.45, 7) is 0.212. The molecule has 1 N–H and O–H groups in total. The maximum absolute atomic E-state index is 13.6. The van der Waals surface area contributed by atoms with Gasteiger partial charge in [0.1, 0.15) is 5.75 Å². The molecule has 148 valence electrons. The van der Waals surface area contributed by atoms with Crippen molar-refractivity contribution in [2.24, 2.45) is 0 Å². The van der Waals surface area contributed by atoms with Gasteiger partial charge in [-0.3, -0.25) is 0 Å². The molecule has 0 saturated carbocycles. The predicted octanol–water partition coefficient (Wildman–Crippen LogP) is 4.18. The van der Waals surface area contributed by atoms with E-state index in [1.54, 1.807) is 33.3 Å². The highest BCUT2D eigenvalue weighted by Gasteiger charge is 2.13. The first-order chi connectivity index (χ1) is 12.4. The van der Waals surface area contributed by atoms with Gasteiger partial charge in [0.15, 0.2) is 11.6 Å². The molecule has 1 amide bonds. The second-order valence-corrected chi connectivity index (χ2v) is 5.86. The monoisotopic (exact) mass is 400 g/mol. The molecule has 27 heavy (non-hydrogen) atoms. The van der Waals surface area contributed by atoms with Crippen LogP contribution in [0.15, 0.2) is 42.5 Å². The number of nitrogens with one attached hydrogen (secondary N) is 1. The lowest BCUT2D eigenvalue weighted by Crippen LogP contribution is -2.25. The number of hydrogen-bond donors (Lipinski definition) is 1. The normalized spacial score (nSPS) is 11.3. The summed E-state index contributed by atoms with van der Waals surface area (Å²) in [7, 11) is 5.01. The van der Waals surface area contributed by atoms with Crippen molar-refractivity contribution in [1.29, 1.82) is 0 Å². The number of carbonyl (C=O) groups excluding carboxylic acids is 1. The van der Waals surface area contributed by atoms with Crippen molar-refractivity contribution in [3.63, 3.8) is 0 Å². The van der Waals surface area contributed by atoms with Crippen LogP contribution in [0.1, 0.15) is 18.0 Å². The molecule has 5 nitrogen and oxygen atoms in total. The quantitative estimate of drug-likeness (QED) is 0.757. The summed E-state index contributed by atoms with van der Waals surface area (Å²) < 4.78 is 37.3. The third kappa shape index (κ3) is 6.37. The largest absolute Gasteiger partial charge is 0.490 e. The van der Waals surface area contributed by atoms with Crippen LogP contribution >= 0.6 is 12.4 Å². The fraction of sp³-hybridized carbons (Fsp3) is 0.316. The first-order valence-corrected chi connectivity index (χ1v) is 8.15. The van der Waals surface area contributed by atoms with Gasteiger partial charge in [-0.1, -0.05) is 18.2 Å². The molecule has 0 aliphatic rings. The summed E-state index contributed by atoms with van der Waals surface area (Å²) in [6, 6.07) is 10.9. The second kappa shape index (κ2) is 10.7. The zero-order valence-corrected chi connectivity index (χ0v) is 16.2. The zero-order chi connectivity index (χ0) is 19.1. The number of rotatable bonds is 7. The highest BCUT2D eigenvalue weighted by atomic mass is 35.5. The number of nitrogens with zero attached hydrogens (tertiary/aromatic N) is 1. The van der Waals surface area contributed by atoms with Gasteiger partial charge in [0, 0.05) is 26.6 Å². The van der Waals surface area contributed by atoms with Gasteiger partial charge in [-0.15, -0.1) is 12.4 Å². The lowest BCUT2D eigenvalue weighted by atomic mass is 10.0. The summed E-state index contributed by atoms with van der Waals surface area (Å²) in [5.74, 6) is -1.58. The van der Waals surface area contributed by atoms with Gasteiger partial charge in [-0.2, -0.15) is 4.39 Å². The summed E-state index contributed by atoms with van der Waals surface area (Å²) >= 11 is 0. The van der Waals surface area contributed by atoms with E-state index < -0.39 is 17.7 Å². The minimum Gasteiger partial charge on any atom is -0.490 e. The molecule has 0 spiro atoms. The standard InChI is InChI=1S/C19H22F2N2O3.ClH/c1-22-16(11-12-25-17-6-4-5-15(20)18(17)21)13-7-9-14(10-8-13)26-19(24)23(2)3;/h4-10,16,22H,11-12H2,1-3H3;1H. The maximum atomic E-state index is 13.6. The lowest BCUT2D eigenvalue weighted by Gasteiger charge is -2.18. The van der Waals surface area contributed by atoms with E-state index in [4.69, 9.17) is 9.47 Å². The van der Waals surface area contributed by atoms with Crippen LogP contribution in [0.5, 0.6) is 11.5 Å². The molecule has 1 unspecified atom stereocenters. The number of carbonyl (C=O) groups is 1. The van der Waals surface area contributed by atoms with E-state index in [9.17, 15) is 13.6 Å². The minimum absolute atomic E-state index is 0. The topological polar surface area (TPSA) is 50.8 Å².